The van der Waals surface area contributed by atoms with Crippen LogP contribution in [0.3, 0.4) is 0 Å². The van der Waals surface area contributed by atoms with Crippen molar-refractivity contribution in [3.8, 4) is 0 Å². The summed E-state index contributed by atoms with van der Waals surface area (Å²) in [7, 11) is -1.48. The van der Waals surface area contributed by atoms with Crippen LogP contribution in [-0.2, 0) is 9.84 Å². The average Bonchev–Trinajstić information content (AvgIpc) is 2.74. The Balaban J connectivity index is 2.35. The number of hydrogen-bond donors (Lipinski definition) is 1. The van der Waals surface area contributed by atoms with Crippen LogP contribution in [0, 0.1) is 5.92 Å². The summed E-state index contributed by atoms with van der Waals surface area (Å²) in [5, 5.41) is 3.46. The van der Waals surface area contributed by atoms with E-state index in [9.17, 15) is 8.42 Å². The first-order valence-corrected chi connectivity index (χ1v) is 8.54. The molecule has 106 valence electrons. The normalized spacial score (nSPS) is 27.7. The summed E-state index contributed by atoms with van der Waals surface area (Å²) >= 11 is 11.7. The molecule has 3 atom stereocenters. The van der Waals surface area contributed by atoms with Gasteiger partial charge in [0.15, 0.2) is 9.84 Å². The smallest absolute Gasteiger partial charge is 0.181 e. The molecule has 1 aliphatic carbocycles. The molecule has 0 amide bonds. The van der Waals surface area contributed by atoms with Crippen molar-refractivity contribution in [2.75, 3.05) is 7.05 Å². The van der Waals surface area contributed by atoms with E-state index in [2.05, 4.69) is 5.32 Å². The van der Waals surface area contributed by atoms with E-state index < -0.39 is 9.84 Å². The molecule has 0 radical (unpaired) electrons. The third-order valence-corrected chi connectivity index (χ3v) is 7.08. The SMILES string of the molecule is CNC1CCC(S(=O)(=O)c2ccc(Cl)c(Cl)c2)C1C. The van der Waals surface area contributed by atoms with Gasteiger partial charge in [-0.05, 0) is 44.0 Å². The molecule has 0 heterocycles. The van der Waals surface area contributed by atoms with E-state index in [1.165, 1.54) is 18.2 Å². The summed E-state index contributed by atoms with van der Waals surface area (Å²) in [5.41, 5.74) is 0. The van der Waals surface area contributed by atoms with Gasteiger partial charge in [-0.1, -0.05) is 30.1 Å². The van der Waals surface area contributed by atoms with Crippen LogP contribution in [0.2, 0.25) is 10.0 Å². The number of nitrogens with one attached hydrogen (secondary N) is 1. The lowest BCUT2D eigenvalue weighted by Gasteiger charge is -2.20. The molecule has 1 saturated carbocycles. The number of rotatable bonds is 3. The predicted molar refractivity (Wildman–Crippen MR) is 78.7 cm³/mol. The van der Waals surface area contributed by atoms with Crippen molar-refractivity contribution in [1.82, 2.24) is 5.32 Å². The molecule has 0 bridgehead atoms. The average molecular weight is 322 g/mol. The van der Waals surface area contributed by atoms with E-state index in [1.807, 2.05) is 14.0 Å². The lowest BCUT2D eigenvalue weighted by molar-refractivity contribution is 0.453. The minimum atomic E-state index is -3.35. The molecular weight excluding hydrogens is 305 g/mol. The van der Waals surface area contributed by atoms with Crippen molar-refractivity contribution >= 4 is 33.0 Å². The van der Waals surface area contributed by atoms with Gasteiger partial charge in [-0.3, -0.25) is 0 Å². The largest absolute Gasteiger partial charge is 0.317 e. The molecule has 19 heavy (non-hydrogen) atoms. The second-order valence-electron chi connectivity index (χ2n) is 4.99. The van der Waals surface area contributed by atoms with Gasteiger partial charge in [-0.15, -0.1) is 0 Å². The molecule has 1 aromatic rings. The molecule has 6 heteroatoms. The molecule has 3 nitrogen and oxygen atoms in total. The van der Waals surface area contributed by atoms with Gasteiger partial charge >= 0.3 is 0 Å². The zero-order chi connectivity index (χ0) is 14.2. The lowest BCUT2D eigenvalue weighted by atomic mass is 10.1. The number of sulfone groups is 1. The number of halogens is 2. The fourth-order valence-electron chi connectivity index (χ4n) is 2.80. The van der Waals surface area contributed by atoms with Crippen molar-refractivity contribution in [2.45, 2.75) is 36.0 Å². The van der Waals surface area contributed by atoms with Crippen molar-refractivity contribution in [1.29, 1.82) is 0 Å². The van der Waals surface area contributed by atoms with Gasteiger partial charge in [0, 0.05) is 6.04 Å². The van der Waals surface area contributed by atoms with Crippen molar-refractivity contribution in [3.63, 3.8) is 0 Å². The second kappa shape index (κ2) is 5.60. The van der Waals surface area contributed by atoms with Crippen LogP contribution in [-0.4, -0.2) is 26.8 Å². The van der Waals surface area contributed by atoms with Crippen LogP contribution in [0.25, 0.3) is 0 Å². The Hall–Kier alpha value is -0.290. The van der Waals surface area contributed by atoms with Crippen LogP contribution in [0.15, 0.2) is 23.1 Å². The molecule has 0 aromatic heterocycles. The van der Waals surface area contributed by atoms with Gasteiger partial charge in [0.25, 0.3) is 0 Å². The fraction of sp³-hybridized carbons (Fsp3) is 0.538. The summed E-state index contributed by atoms with van der Waals surface area (Å²) < 4.78 is 25.3. The van der Waals surface area contributed by atoms with E-state index >= 15 is 0 Å². The molecular formula is C13H17Cl2NO2S. The van der Waals surface area contributed by atoms with Gasteiger partial charge < -0.3 is 5.32 Å². The van der Waals surface area contributed by atoms with Gasteiger partial charge in [0.05, 0.1) is 20.2 Å². The molecule has 0 aliphatic heterocycles. The Morgan fingerprint density at radius 2 is 1.89 bits per heavy atom. The topological polar surface area (TPSA) is 46.2 Å². The monoisotopic (exact) mass is 321 g/mol. The molecule has 1 fully saturated rings. The van der Waals surface area contributed by atoms with Crippen molar-refractivity contribution < 1.29 is 8.42 Å². The quantitative estimate of drug-likeness (QED) is 0.930. The Labute approximate surface area is 124 Å². The van der Waals surface area contributed by atoms with Crippen LogP contribution < -0.4 is 5.32 Å². The maximum absolute atomic E-state index is 12.6. The van der Waals surface area contributed by atoms with E-state index in [-0.39, 0.29) is 27.1 Å². The fourth-order valence-corrected chi connectivity index (χ4v) is 5.26. The highest BCUT2D eigenvalue weighted by molar-refractivity contribution is 7.92. The summed E-state index contributed by atoms with van der Waals surface area (Å²) in [6.07, 6.45) is 1.55. The van der Waals surface area contributed by atoms with Gasteiger partial charge in [-0.2, -0.15) is 0 Å². The first-order chi connectivity index (χ1) is 8.87. The third kappa shape index (κ3) is 2.77. The molecule has 2 rings (SSSR count). The van der Waals surface area contributed by atoms with Crippen molar-refractivity contribution in [3.05, 3.63) is 28.2 Å². The molecule has 3 unspecified atom stereocenters. The highest BCUT2D eigenvalue weighted by Gasteiger charge is 2.40. The Morgan fingerprint density at radius 1 is 1.21 bits per heavy atom. The molecule has 1 N–H and O–H groups in total. The third-order valence-electron chi connectivity index (χ3n) is 3.97. The maximum Gasteiger partial charge on any atom is 0.181 e. The number of hydrogen-bond acceptors (Lipinski definition) is 3. The highest BCUT2D eigenvalue weighted by Crippen LogP contribution is 2.36. The van der Waals surface area contributed by atoms with Gasteiger partial charge in [0.1, 0.15) is 0 Å². The Bertz CT molecular complexity index is 574. The van der Waals surface area contributed by atoms with Crippen LogP contribution in [0.1, 0.15) is 19.8 Å². The zero-order valence-electron chi connectivity index (χ0n) is 10.9. The molecule has 0 saturated heterocycles. The second-order valence-corrected chi connectivity index (χ2v) is 7.97. The van der Waals surface area contributed by atoms with E-state index in [4.69, 9.17) is 23.2 Å². The summed E-state index contributed by atoms with van der Waals surface area (Å²) in [6, 6.07) is 4.76. The van der Waals surface area contributed by atoms with E-state index in [1.54, 1.807) is 0 Å². The van der Waals surface area contributed by atoms with Crippen LogP contribution >= 0.6 is 23.2 Å². The summed E-state index contributed by atoms with van der Waals surface area (Å²) in [4.78, 5) is 0.260. The van der Waals surface area contributed by atoms with Gasteiger partial charge in [0.2, 0.25) is 0 Å². The molecule has 1 aromatic carbocycles. The highest BCUT2D eigenvalue weighted by atomic mass is 35.5. The van der Waals surface area contributed by atoms with Crippen LogP contribution in [0.5, 0.6) is 0 Å². The minimum absolute atomic E-state index is 0.0875. The number of benzene rings is 1. The zero-order valence-corrected chi connectivity index (χ0v) is 13.2. The standard InChI is InChI=1S/C13H17Cl2NO2S/c1-8-12(16-2)5-6-13(8)19(17,18)9-3-4-10(14)11(15)7-9/h3-4,7-8,12-13,16H,5-6H2,1-2H3. The predicted octanol–water partition coefficient (Wildman–Crippen LogP) is 3.15. The minimum Gasteiger partial charge on any atom is -0.317 e. The maximum atomic E-state index is 12.6. The Kier molecular flexibility index (Phi) is 4.45. The first kappa shape index (κ1) is 15.1. The first-order valence-electron chi connectivity index (χ1n) is 6.24. The Morgan fingerprint density at radius 3 is 2.42 bits per heavy atom. The van der Waals surface area contributed by atoms with Crippen LogP contribution in [0.4, 0.5) is 0 Å². The summed E-state index contributed by atoms with van der Waals surface area (Å²) in [6.45, 7) is 1.98. The van der Waals surface area contributed by atoms with Crippen molar-refractivity contribution in [2.24, 2.45) is 5.92 Å². The lowest BCUT2D eigenvalue weighted by Crippen LogP contribution is -2.34. The summed E-state index contributed by atoms with van der Waals surface area (Å²) in [5.74, 6) is 0.0875. The molecule has 1 aliphatic rings. The van der Waals surface area contributed by atoms with E-state index in [0.29, 0.717) is 11.4 Å². The molecule has 0 spiro atoms. The van der Waals surface area contributed by atoms with E-state index in [0.717, 1.165) is 6.42 Å². The van der Waals surface area contributed by atoms with Gasteiger partial charge in [-0.25, -0.2) is 8.42 Å².